The number of amides is 2. The predicted octanol–water partition coefficient (Wildman–Crippen LogP) is 2.19. The second kappa shape index (κ2) is 8.23. The van der Waals surface area contributed by atoms with E-state index in [4.69, 9.17) is 4.42 Å². The van der Waals surface area contributed by atoms with Crippen LogP contribution < -0.4 is 10.6 Å². The molecule has 0 unspecified atom stereocenters. The van der Waals surface area contributed by atoms with Gasteiger partial charge in [-0.05, 0) is 50.3 Å². The molecule has 0 atom stereocenters. The van der Waals surface area contributed by atoms with E-state index in [2.05, 4.69) is 10.6 Å². The molecule has 30 heavy (non-hydrogen) atoms. The zero-order chi connectivity index (χ0) is 21.3. The van der Waals surface area contributed by atoms with Crippen LogP contribution in [0.1, 0.15) is 57.9 Å². The van der Waals surface area contributed by atoms with Gasteiger partial charge in [-0.1, -0.05) is 12.1 Å². The summed E-state index contributed by atoms with van der Waals surface area (Å²) < 4.78 is 32.3. The second-order valence-electron chi connectivity index (χ2n) is 7.77. The fourth-order valence-electron chi connectivity index (χ4n) is 3.44. The highest BCUT2D eigenvalue weighted by molar-refractivity contribution is 7.89. The van der Waals surface area contributed by atoms with Crippen molar-refractivity contribution in [3.63, 3.8) is 0 Å². The lowest BCUT2D eigenvalue weighted by atomic mass is 10.1. The first-order chi connectivity index (χ1) is 14.3. The number of hydrogen-bond donors (Lipinski definition) is 2. The van der Waals surface area contributed by atoms with Crippen molar-refractivity contribution in [1.82, 2.24) is 14.9 Å². The fraction of sp³-hybridized carbons (Fsp3) is 0.429. The van der Waals surface area contributed by atoms with Gasteiger partial charge in [-0.25, -0.2) is 8.42 Å². The Hall–Kier alpha value is -2.65. The number of aryl methyl sites for hydroxylation is 1. The van der Waals surface area contributed by atoms with Crippen LogP contribution in [-0.2, 0) is 16.6 Å². The summed E-state index contributed by atoms with van der Waals surface area (Å²) in [7, 11) is -3.64. The second-order valence-corrected chi connectivity index (χ2v) is 9.68. The molecule has 0 spiro atoms. The van der Waals surface area contributed by atoms with E-state index in [-0.39, 0.29) is 28.9 Å². The topological polar surface area (TPSA) is 109 Å². The highest BCUT2D eigenvalue weighted by Crippen LogP contribution is 2.26. The molecule has 2 N–H and O–H groups in total. The third-order valence-corrected chi connectivity index (χ3v) is 7.37. The average Bonchev–Trinajstić information content (AvgIpc) is 3.20. The largest absolute Gasteiger partial charge is 0.455 e. The molecule has 1 aliphatic carbocycles. The quantitative estimate of drug-likeness (QED) is 0.699. The first-order valence-electron chi connectivity index (χ1n) is 10.1. The van der Waals surface area contributed by atoms with Gasteiger partial charge >= 0.3 is 0 Å². The van der Waals surface area contributed by atoms with Crippen molar-refractivity contribution in [3.8, 4) is 0 Å². The predicted molar refractivity (Wildman–Crippen MR) is 110 cm³/mol. The van der Waals surface area contributed by atoms with Gasteiger partial charge in [0.2, 0.25) is 10.0 Å². The van der Waals surface area contributed by atoms with Crippen molar-refractivity contribution in [2.75, 3.05) is 13.1 Å². The number of carbonyl (C=O) groups is 2. The van der Waals surface area contributed by atoms with Gasteiger partial charge in [-0.2, -0.15) is 4.31 Å². The minimum absolute atomic E-state index is 0.0364. The van der Waals surface area contributed by atoms with E-state index in [9.17, 15) is 18.0 Å². The lowest BCUT2D eigenvalue weighted by Crippen LogP contribution is -2.28. The van der Waals surface area contributed by atoms with Crippen molar-refractivity contribution in [2.24, 2.45) is 0 Å². The molecule has 1 saturated carbocycles. The summed E-state index contributed by atoms with van der Waals surface area (Å²) in [5.74, 6) is -0.411. The van der Waals surface area contributed by atoms with Crippen LogP contribution in [-0.4, -0.2) is 43.7 Å². The number of sulfonamides is 1. The number of hydrogen-bond acceptors (Lipinski definition) is 5. The third kappa shape index (κ3) is 4.41. The molecule has 9 heteroatoms. The summed E-state index contributed by atoms with van der Waals surface area (Å²) in [6, 6.07) is 8.59. The van der Waals surface area contributed by atoms with Crippen molar-refractivity contribution < 1.29 is 22.4 Å². The van der Waals surface area contributed by atoms with Crippen LogP contribution >= 0.6 is 0 Å². The van der Waals surface area contributed by atoms with Gasteiger partial charge in [0.25, 0.3) is 11.8 Å². The SMILES string of the molecule is Cc1oc(C(=O)NCc2ccc(C(=O)NC3CC3)cc2)cc1S(=O)(=O)N1CCCC1. The molecule has 0 radical (unpaired) electrons. The smallest absolute Gasteiger partial charge is 0.287 e. The molecule has 2 heterocycles. The first-order valence-corrected chi connectivity index (χ1v) is 11.6. The van der Waals surface area contributed by atoms with Gasteiger partial charge in [0.1, 0.15) is 10.7 Å². The van der Waals surface area contributed by atoms with E-state index in [0.717, 1.165) is 31.2 Å². The zero-order valence-corrected chi connectivity index (χ0v) is 17.6. The molecule has 2 aromatic rings. The van der Waals surface area contributed by atoms with Gasteiger partial charge in [-0.3, -0.25) is 9.59 Å². The summed E-state index contributed by atoms with van der Waals surface area (Å²) in [5.41, 5.74) is 1.40. The van der Waals surface area contributed by atoms with Crippen LogP contribution in [0.5, 0.6) is 0 Å². The number of carbonyl (C=O) groups excluding carboxylic acids is 2. The minimum atomic E-state index is -3.64. The molecule has 2 aliphatic rings. The molecule has 2 amide bonds. The summed E-state index contributed by atoms with van der Waals surface area (Å²) in [6.45, 7) is 2.76. The number of rotatable bonds is 7. The van der Waals surface area contributed by atoms with E-state index < -0.39 is 15.9 Å². The van der Waals surface area contributed by atoms with E-state index in [1.165, 1.54) is 10.4 Å². The molecule has 1 saturated heterocycles. The summed E-state index contributed by atoms with van der Waals surface area (Å²) in [5, 5.41) is 5.65. The molecule has 1 aromatic carbocycles. The third-order valence-electron chi connectivity index (χ3n) is 5.36. The molecule has 2 fully saturated rings. The maximum atomic E-state index is 12.7. The molecule has 160 valence electrons. The Bertz CT molecular complexity index is 1050. The molecule has 1 aromatic heterocycles. The molecule has 0 bridgehead atoms. The Morgan fingerprint density at radius 1 is 1.10 bits per heavy atom. The molecular formula is C21H25N3O5S. The van der Waals surface area contributed by atoms with Gasteiger partial charge in [0.05, 0.1) is 0 Å². The van der Waals surface area contributed by atoms with Crippen LogP contribution in [0.2, 0.25) is 0 Å². The number of benzene rings is 1. The van der Waals surface area contributed by atoms with Crippen molar-refractivity contribution in [1.29, 1.82) is 0 Å². The van der Waals surface area contributed by atoms with Crippen LogP contribution in [0.4, 0.5) is 0 Å². The normalized spacial score (nSPS) is 17.1. The number of nitrogens with one attached hydrogen (secondary N) is 2. The fourth-order valence-corrected chi connectivity index (χ4v) is 5.12. The van der Waals surface area contributed by atoms with Gasteiger partial charge < -0.3 is 15.1 Å². The minimum Gasteiger partial charge on any atom is -0.455 e. The number of nitrogens with zero attached hydrogens (tertiary/aromatic N) is 1. The van der Waals surface area contributed by atoms with Crippen LogP contribution in [0.25, 0.3) is 0 Å². The molecule has 4 rings (SSSR count). The summed E-state index contributed by atoms with van der Waals surface area (Å²) >= 11 is 0. The Morgan fingerprint density at radius 3 is 2.40 bits per heavy atom. The Morgan fingerprint density at radius 2 is 1.77 bits per heavy atom. The van der Waals surface area contributed by atoms with Crippen LogP contribution in [0.3, 0.4) is 0 Å². The molecular weight excluding hydrogens is 406 g/mol. The van der Waals surface area contributed by atoms with Gasteiger partial charge in [-0.15, -0.1) is 0 Å². The summed E-state index contributed by atoms with van der Waals surface area (Å²) in [6.07, 6.45) is 3.74. The molecule has 1 aliphatic heterocycles. The lowest BCUT2D eigenvalue weighted by Gasteiger charge is -2.14. The monoisotopic (exact) mass is 431 g/mol. The zero-order valence-electron chi connectivity index (χ0n) is 16.8. The van der Waals surface area contributed by atoms with Gasteiger partial charge in [0, 0.05) is 37.3 Å². The average molecular weight is 432 g/mol. The number of furan rings is 1. The van der Waals surface area contributed by atoms with Crippen LogP contribution in [0, 0.1) is 6.92 Å². The molecule has 8 nitrogen and oxygen atoms in total. The Balaban J connectivity index is 1.38. The van der Waals surface area contributed by atoms with Gasteiger partial charge in [0.15, 0.2) is 5.76 Å². The Kier molecular flexibility index (Phi) is 5.66. The maximum absolute atomic E-state index is 12.7. The van der Waals surface area contributed by atoms with E-state index in [0.29, 0.717) is 24.7 Å². The standard InChI is InChI=1S/C21H25N3O5S/c1-14-19(30(27,28)24-10-2-3-11-24)12-18(29-14)21(26)22-13-15-4-6-16(7-5-15)20(25)23-17-8-9-17/h4-7,12,17H,2-3,8-11,13H2,1H3,(H,22,26)(H,23,25). The first kappa shape index (κ1) is 20.6. The van der Waals surface area contributed by atoms with Crippen molar-refractivity contribution in [2.45, 2.75) is 50.1 Å². The van der Waals surface area contributed by atoms with Crippen molar-refractivity contribution >= 4 is 21.8 Å². The lowest BCUT2D eigenvalue weighted by molar-refractivity contribution is 0.0919. The summed E-state index contributed by atoms with van der Waals surface area (Å²) in [4.78, 5) is 24.5. The van der Waals surface area contributed by atoms with E-state index in [1.807, 2.05) is 0 Å². The maximum Gasteiger partial charge on any atom is 0.287 e. The van der Waals surface area contributed by atoms with Crippen LogP contribution in [0.15, 0.2) is 39.6 Å². The highest BCUT2D eigenvalue weighted by atomic mass is 32.2. The highest BCUT2D eigenvalue weighted by Gasteiger charge is 2.31. The Labute approximate surface area is 175 Å². The van der Waals surface area contributed by atoms with E-state index >= 15 is 0 Å². The van der Waals surface area contributed by atoms with Crippen molar-refractivity contribution in [3.05, 3.63) is 53.0 Å². The van der Waals surface area contributed by atoms with E-state index in [1.54, 1.807) is 31.2 Å².